The van der Waals surface area contributed by atoms with Gasteiger partial charge in [0.15, 0.2) is 0 Å². The maximum Gasteiger partial charge on any atom is 0.252 e. The van der Waals surface area contributed by atoms with Crippen molar-refractivity contribution in [3.05, 3.63) is 17.0 Å². The van der Waals surface area contributed by atoms with Crippen LogP contribution in [0.25, 0.3) is 0 Å². The fourth-order valence-electron chi connectivity index (χ4n) is 3.01. The number of piperidine rings is 1. The van der Waals surface area contributed by atoms with E-state index in [1.54, 1.807) is 10.4 Å². The van der Waals surface area contributed by atoms with Gasteiger partial charge in [-0.1, -0.05) is 26.7 Å². The Morgan fingerprint density at radius 1 is 1.24 bits per heavy atom. The highest BCUT2D eigenvalue weighted by Gasteiger charge is 2.36. The summed E-state index contributed by atoms with van der Waals surface area (Å²) in [6, 6.07) is 3.61. The van der Waals surface area contributed by atoms with Gasteiger partial charge in [0, 0.05) is 23.8 Å². The Morgan fingerprint density at radius 2 is 1.86 bits per heavy atom. The third-order valence-corrected chi connectivity index (χ3v) is 8.56. The summed E-state index contributed by atoms with van der Waals surface area (Å²) < 4.78 is 27.5. The van der Waals surface area contributed by atoms with E-state index in [1.807, 2.05) is 6.07 Å². The number of alkyl halides is 1. The third-order valence-electron chi connectivity index (χ3n) is 4.86. The molecule has 0 amide bonds. The topological polar surface area (TPSA) is 37.4 Å². The second kappa shape index (κ2) is 6.99. The minimum absolute atomic E-state index is 0.339. The number of hydrogen-bond donors (Lipinski definition) is 0. The first-order valence-electron chi connectivity index (χ1n) is 7.62. The van der Waals surface area contributed by atoms with Crippen LogP contribution < -0.4 is 0 Å². The van der Waals surface area contributed by atoms with E-state index in [9.17, 15) is 8.42 Å². The van der Waals surface area contributed by atoms with Crippen LogP contribution in [0.2, 0.25) is 0 Å². The molecule has 2 heterocycles. The minimum atomic E-state index is -3.32. The van der Waals surface area contributed by atoms with Gasteiger partial charge in [0.2, 0.25) is 0 Å². The zero-order chi connectivity index (χ0) is 15.5. The number of nitrogens with zero attached hydrogens (tertiary/aromatic N) is 1. The molecule has 1 aliphatic heterocycles. The van der Waals surface area contributed by atoms with Crippen LogP contribution in [0.5, 0.6) is 0 Å². The van der Waals surface area contributed by atoms with Gasteiger partial charge >= 0.3 is 0 Å². The van der Waals surface area contributed by atoms with Crippen molar-refractivity contribution >= 4 is 33.0 Å². The maximum atomic E-state index is 12.7. The van der Waals surface area contributed by atoms with Crippen molar-refractivity contribution in [1.29, 1.82) is 0 Å². The van der Waals surface area contributed by atoms with Crippen molar-refractivity contribution in [1.82, 2.24) is 4.31 Å². The second-order valence-corrected chi connectivity index (χ2v) is 9.48. The minimum Gasteiger partial charge on any atom is -0.206 e. The Labute approximate surface area is 137 Å². The molecular weight excluding hydrogens is 326 g/mol. The summed E-state index contributed by atoms with van der Waals surface area (Å²) in [7, 11) is -3.32. The van der Waals surface area contributed by atoms with E-state index >= 15 is 0 Å². The van der Waals surface area contributed by atoms with Crippen LogP contribution in [0, 0.1) is 5.41 Å². The Hall–Kier alpha value is -0.100. The van der Waals surface area contributed by atoms with Crippen LogP contribution in [0.3, 0.4) is 0 Å². The smallest absolute Gasteiger partial charge is 0.206 e. The van der Waals surface area contributed by atoms with Crippen molar-refractivity contribution in [2.75, 3.05) is 19.0 Å². The maximum absolute atomic E-state index is 12.7. The molecule has 6 heteroatoms. The van der Waals surface area contributed by atoms with Gasteiger partial charge in [-0.2, -0.15) is 4.31 Å². The summed E-state index contributed by atoms with van der Waals surface area (Å²) in [5.41, 5.74) is 0.339. The van der Waals surface area contributed by atoms with Gasteiger partial charge in [0.25, 0.3) is 10.0 Å². The van der Waals surface area contributed by atoms with Crippen molar-refractivity contribution in [2.24, 2.45) is 5.41 Å². The highest BCUT2D eigenvalue weighted by atomic mass is 35.5. The molecule has 0 saturated carbocycles. The van der Waals surface area contributed by atoms with E-state index in [1.165, 1.54) is 11.3 Å². The summed E-state index contributed by atoms with van der Waals surface area (Å²) in [5, 5.41) is 0. The number of thiophene rings is 1. The van der Waals surface area contributed by atoms with Crippen LogP contribution >= 0.6 is 22.9 Å². The Morgan fingerprint density at radius 3 is 2.38 bits per heavy atom. The Bertz CT molecular complexity index is 554. The van der Waals surface area contributed by atoms with E-state index in [-0.39, 0.29) is 0 Å². The average molecular weight is 350 g/mol. The number of hydrogen-bond acceptors (Lipinski definition) is 3. The lowest BCUT2D eigenvalue weighted by Crippen LogP contribution is -2.42. The number of sulfonamides is 1. The number of rotatable bonds is 6. The molecule has 1 aromatic rings. The van der Waals surface area contributed by atoms with Crippen LogP contribution in [-0.4, -0.2) is 31.7 Å². The second-order valence-electron chi connectivity index (χ2n) is 5.77. The molecule has 2 rings (SSSR count). The zero-order valence-corrected chi connectivity index (χ0v) is 15.2. The van der Waals surface area contributed by atoms with E-state index in [4.69, 9.17) is 11.6 Å². The molecule has 1 aliphatic rings. The summed E-state index contributed by atoms with van der Waals surface area (Å²) >= 11 is 7.07. The van der Waals surface area contributed by atoms with Crippen LogP contribution in [0.15, 0.2) is 16.3 Å². The van der Waals surface area contributed by atoms with Crippen LogP contribution in [0.1, 0.15) is 44.4 Å². The summed E-state index contributed by atoms with van der Waals surface area (Å²) in [6.07, 6.45) is 4.95. The number of aryl methyl sites for hydroxylation is 1. The zero-order valence-electron chi connectivity index (χ0n) is 12.8. The van der Waals surface area contributed by atoms with Crippen LogP contribution in [-0.2, 0) is 16.4 Å². The molecule has 0 unspecified atom stereocenters. The standard InChI is InChI=1S/C15H24ClNO2S2/c1-3-15(4-2)8-11-17(12-9-15)21(18,19)14-6-5-13(20-14)7-10-16/h5-6H,3-4,7-12H2,1-2H3. The normalized spacial score (nSPS) is 19.8. The first-order valence-corrected chi connectivity index (χ1v) is 10.4. The van der Waals surface area contributed by atoms with Crippen LogP contribution in [0.4, 0.5) is 0 Å². The fraction of sp³-hybridized carbons (Fsp3) is 0.733. The lowest BCUT2D eigenvalue weighted by atomic mass is 9.75. The van der Waals surface area contributed by atoms with Gasteiger partial charge in [-0.25, -0.2) is 8.42 Å². The summed E-state index contributed by atoms with van der Waals surface area (Å²) in [5.74, 6) is 0.527. The molecule has 0 radical (unpaired) electrons. The lowest BCUT2D eigenvalue weighted by Gasteiger charge is -2.40. The molecule has 21 heavy (non-hydrogen) atoms. The molecule has 1 saturated heterocycles. The molecule has 1 aromatic heterocycles. The van der Waals surface area contributed by atoms with Gasteiger partial charge in [-0.3, -0.25) is 0 Å². The van der Waals surface area contributed by atoms with Gasteiger partial charge in [-0.15, -0.1) is 22.9 Å². The molecule has 120 valence electrons. The molecule has 0 aliphatic carbocycles. The molecular formula is C15H24ClNO2S2. The molecule has 0 aromatic carbocycles. The summed E-state index contributed by atoms with van der Waals surface area (Å²) in [6.45, 7) is 5.72. The summed E-state index contributed by atoms with van der Waals surface area (Å²) in [4.78, 5) is 1.04. The van der Waals surface area contributed by atoms with E-state index in [0.717, 1.165) is 37.0 Å². The fourth-order valence-corrected chi connectivity index (χ4v) is 6.28. The first-order chi connectivity index (χ1) is 9.97. The average Bonchev–Trinajstić information content (AvgIpc) is 2.97. The van der Waals surface area contributed by atoms with Crippen molar-refractivity contribution in [3.8, 4) is 0 Å². The highest BCUT2D eigenvalue weighted by Crippen LogP contribution is 2.39. The first kappa shape index (κ1) is 17.3. The Balaban J connectivity index is 2.10. The van der Waals surface area contributed by atoms with Gasteiger partial charge in [0.05, 0.1) is 0 Å². The predicted octanol–water partition coefficient (Wildman–Crippen LogP) is 4.12. The van der Waals surface area contributed by atoms with Crippen molar-refractivity contribution in [2.45, 2.75) is 50.2 Å². The van der Waals surface area contributed by atoms with E-state index in [0.29, 0.717) is 28.6 Å². The van der Waals surface area contributed by atoms with Gasteiger partial charge in [-0.05, 0) is 36.8 Å². The van der Waals surface area contributed by atoms with Crippen molar-refractivity contribution in [3.63, 3.8) is 0 Å². The molecule has 0 N–H and O–H groups in total. The van der Waals surface area contributed by atoms with Gasteiger partial charge in [0.1, 0.15) is 4.21 Å². The quantitative estimate of drug-likeness (QED) is 0.724. The third kappa shape index (κ3) is 3.63. The lowest BCUT2D eigenvalue weighted by molar-refractivity contribution is 0.142. The predicted molar refractivity (Wildman–Crippen MR) is 89.8 cm³/mol. The van der Waals surface area contributed by atoms with E-state index < -0.39 is 10.0 Å². The number of halogens is 1. The largest absolute Gasteiger partial charge is 0.252 e. The highest BCUT2D eigenvalue weighted by molar-refractivity contribution is 7.91. The molecule has 1 fully saturated rings. The SMILES string of the molecule is CCC1(CC)CCN(S(=O)(=O)c2ccc(CCCl)s2)CC1. The van der Waals surface area contributed by atoms with Gasteiger partial charge < -0.3 is 0 Å². The molecule has 3 nitrogen and oxygen atoms in total. The molecule has 0 bridgehead atoms. The van der Waals surface area contributed by atoms with E-state index in [2.05, 4.69) is 13.8 Å². The van der Waals surface area contributed by atoms with Crippen molar-refractivity contribution < 1.29 is 8.42 Å². The molecule has 0 atom stereocenters. The monoisotopic (exact) mass is 349 g/mol. The molecule has 0 spiro atoms. The Kier molecular flexibility index (Phi) is 5.74.